The van der Waals surface area contributed by atoms with Gasteiger partial charge in [0.15, 0.2) is 24.1 Å². The number of hydrogen-bond acceptors (Lipinski definition) is 11. The number of anilines is 1. The van der Waals surface area contributed by atoms with Gasteiger partial charge in [-0.15, -0.1) is 0 Å². The van der Waals surface area contributed by atoms with Crippen molar-refractivity contribution in [3.63, 3.8) is 0 Å². The molecule has 0 saturated carbocycles. The lowest BCUT2D eigenvalue weighted by atomic mass is 9.96. The summed E-state index contributed by atoms with van der Waals surface area (Å²) in [5, 5.41) is 12.0. The van der Waals surface area contributed by atoms with Crippen molar-refractivity contribution in [3.8, 4) is 17.2 Å². The highest BCUT2D eigenvalue weighted by molar-refractivity contribution is 6.11. The molecule has 14 nitrogen and oxygen atoms in total. The topological polar surface area (TPSA) is 164 Å². The second-order valence-corrected chi connectivity index (χ2v) is 8.62. The molecule has 0 aromatic heterocycles. The maximum absolute atomic E-state index is 14.1. The van der Waals surface area contributed by atoms with Crippen molar-refractivity contribution < 1.29 is 47.8 Å². The lowest BCUT2D eigenvalue weighted by Gasteiger charge is -2.28. The molecule has 0 unspecified atom stereocenters. The Morgan fingerprint density at radius 3 is 2.36 bits per heavy atom. The van der Waals surface area contributed by atoms with Crippen LogP contribution in [0.4, 0.5) is 16.2 Å². The summed E-state index contributed by atoms with van der Waals surface area (Å²) in [4.78, 5) is 65.0. The number of fused-ring (bicyclic) bond motifs is 2. The Hall–Kier alpha value is -4.72. The monoisotopic (exact) mass is 543 g/mol. The minimum Gasteiger partial charge on any atom is -0.493 e. The fourth-order valence-corrected chi connectivity index (χ4v) is 4.67. The van der Waals surface area contributed by atoms with Gasteiger partial charge in [0.05, 0.1) is 44.0 Å². The van der Waals surface area contributed by atoms with Crippen molar-refractivity contribution >= 4 is 35.4 Å². The van der Waals surface area contributed by atoms with E-state index in [0.717, 1.165) is 13.2 Å². The Balaban J connectivity index is 1.93. The third-order valence-corrected chi connectivity index (χ3v) is 6.51. The molecular weight excluding hydrogens is 518 g/mol. The molecular formula is C25H25N3O11. The van der Waals surface area contributed by atoms with E-state index in [1.54, 1.807) is 0 Å². The van der Waals surface area contributed by atoms with E-state index in [4.69, 9.17) is 23.7 Å². The molecule has 2 aliphatic heterocycles. The Kier molecular flexibility index (Phi) is 7.67. The largest absolute Gasteiger partial charge is 0.493 e. The lowest BCUT2D eigenvalue weighted by Crippen LogP contribution is -2.38. The fourth-order valence-electron chi connectivity index (χ4n) is 4.67. The highest BCUT2D eigenvalue weighted by Gasteiger charge is 2.58. The number of amides is 2. The van der Waals surface area contributed by atoms with E-state index in [-0.39, 0.29) is 65.2 Å². The number of nitrogens with zero attached hydrogens (tertiary/aromatic N) is 3. The molecule has 0 aliphatic carbocycles. The summed E-state index contributed by atoms with van der Waals surface area (Å²) < 4.78 is 25.8. The van der Waals surface area contributed by atoms with Crippen LogP contribution >= 0.6 is 0 Å². The van der Waals surface area contributed by atoms with Gasteiger partial charge in [-0.3, -0.25) is 29.4 Å². The minimum atomic E-state index is -0.887. The SMILES string of the molecule is COCOc1cc(C=O)cc2c1CC(=O)[C@@H]1[C@H](CN2C(=O)c2cc(OC)c(OC)cc2[N+](=O)[O-])N1C(=O)OC. The first-order valence-electron chi connectivity index (χ1n) is 11.6. The van der Waals surface area contributed by atoms with Crippen LogP contribution in [0.3, 0.4) is 0 Å². The Morgan fingerprint density at radius 1 is 1.08 bits per heavy atom. The van der Waals surface area contributed by atoms with E-state index >= 15 is 0 Å². The predicted octanol–water partition coefficient (Wildman–Crippen LogP) is 2.00. The van der Waals surface area contributed by atoms with Crippen LogP contribution in [0.1, 0.15) is 26.3 Å². The first-order valence-corrected chi connectivity index (χ1v) is 11.6. The van der Waals surface area contributed by atoms with Crippen LogP contribution in [0.15, 0.2) is 24.3 Å². The fraction of sp³-hybridized carbons (Fsp3) is 0.360. The van der Waals surface area contributed by atoms with Crippen LogP contribution in [0.2, 0.25) is 0 Å². The Morgan fingerprint density at radius 2 is 1.77 bits per heavy atom. The molecule has 1 fully saturated rings. The standard InChI is InChI=1S/C25H25N3O11/c1-35-12-39-20-6-13(11-29)5-16-14(20)7-19(30)23-18(27(23)25(32)38-4)10-26(16)24(31)15-8-21(36-2)22(37-3)9-17(15)28(33)34/h5-6,8-9,11,18,23H,7,10,12H2,1-4H3/t18-,23-,27?/m0/s1. The van der Waals surface area contributed by atoms with E-state index in [1.807, 2.05) is 0 Å². The van der Waals surface area contributed by atoms with E-state index in [0.29, 0.717) is 6.29 Å². The smallest absolute Gasteiger partial charge is 0.410 e. The molecule has 1 saturated heterocycles. The third kappa shape index (κ3) is 4.93. The van der Waals surface area contributed by atoms with Gasteiger partial charge < -0.3 is 28.6 Å². The van der Waals surface area contributed by atoms with Gasteiger partial charge >= 0.3 is 6.09 Å². The zero-order chi connectivity index (χ0) is 28.4. The van der Waals surface area contributed by atoms with E-state index in [9.17, 15) is 29.3 Å². The minimum absolute atomic E-state index is 0.0389. The summed E-state index contributed by atoms with van der Waals surface area (Å²) in [5.74, 6) is -0.961. The number of hydrogen-bond donors (Lipinski definition) is 0. The van der Waals surface area contributed by atoms with Crippen LogP contribution < -0.4 is 19.1 Å². The summed E-state index contributed by atoms with van der Waals surface area (Å²) >= 11 is 0. The number of benzene rings is 2. The molecule has 2 aromatic rings. The number of carbonyl (C=O) groups excluding carboxylic acids is 4. The number of ketones is 1. The van der Waals surface area contributed by atoms with Gasteiger partial charge in [0.1, 0.15) is 23.6 Å². The zero-order valence-corrected chi connectivity index (χ0v) is 21.5. The van der Waals surface area contributed by atoms with E-state index < -0.39 is 34.7 Å². The van der Waals surface area contributed by atoms with Crippen molar-refractivity contribution in [3.05, 3.63) is 51.1 Å². The molecule has 2 aliphatic rings. The summed E-state index contributed by atoms with van der Waals surface area (Å²) in [6, 6.07) is 3.37. The lowest BCUT2D eigenvalue weighted by molar-refractivity contribution is -0.385. The molecule has 14 heteroatoms. The van der Waals surface area contributed by atoms with Crippen LogP contribution in [0.25, 0.3) is 0 Å². The summed E-state index contributed by atoms with van der Waals surface area (Å²) in [5.41, 5.74) is -0.424. The number of carbonyl (C=O) groups is 4. The van der Waals surface area contributed by atoms with Gasteiger partial charge in [0, 0.05) is 37.3 Å². The number of methoxy groups -OCH3 is 4. The second-order valence-electron chi connectivity index (χ2n) is 8.62. The van der Waals surface area contributed by atoms with Gasteiger partial charge in [-0.2, -0.15) is 0 Å². The summed E-state index contributed by atoms with van der Waals surface area (Å²) in [6.07, 6.45) is -0.499. The van der Waals surface area contributed by atoms with Gasteiger partial charge in [-0.1, -0.05) is 0 Å². The molecule has 0 N–H and O–H groups in total. The summed E-state index contributed by atoms with van der Waals surface area (Å²) in [7, 11) is 5.16. The zero-order valence-electron chi connectivity index (χ0n) is 21.5. The number of Topliss-reactive ketones (excluding diaryl/α,β-unsaturated/α-hetero) is 1. The number of ether oxygens (including phenoxy) is 5. The first-order chi connectivity index (χ1) is 18.7. The normalized spacial score (nSPS) is 17.7. The Labute approximate surface area is 222 Å². The molecule has 0 spiro atoms. The number of nitro groups is 1. The van der Waals surface area contributed by atoms with Crippen molar-refractivity contribution in [2.45, 2.75) is 18.5 Å². The molecule has 2 aromatic carbocycles. The number of rotatable bonds is 8. The highest BCUT2D eigenvalue weighted by atomic mass is 16.7. The van der Waals surface area contributed by atoms with Crippen LogP contribution in [0.5, 0.6) is 17.2 Å². The second kappa shape index (κ2) is 10.9. The maximum atomic E-state index is 14.1. The van der Waals surface area contributed by atoms with Crippen molar-refractivity contribution in [1.29, 1.82) is 0 Å². The van der Waals surface area contributed by atoms with Crippen molar-refractivity contribution in [2.75, 3.05) is 46.7 Å². The third-order valence-electron chi connectivity index (χ3n) is 6.51. The van der Waals surface area contributed by atoms with Gasteiger partial charge in [-0.25, -0.2) is 4.79 Å². The quantitative estimate of drug-likeness (QED) is 0.157. The van der Waals surface area contributed by atoms with Crippen molar-refractivity contribution in [2.24, 2.45) is 0 Å². The number of nitro benzene ring substituents is 1. The average Bonchev–Trinajstić information content (AvgIpc) is 3.66. The summed E-state index contributed by atoms with van der Waals surface area (Å²) in [6.45, 7) is -0.451. The highest BCUT2D eigenvalue weighted by Crippen LogP contribution is 2.42. The molecule has 2 heterocycles. The van der Waals surface area contributed by atoms with Crippen LogP contribution in [0, 0.1) is 10.1 Å². The molecule has 2 amide bonds. The van der Waals surface area contributed by atoms with Gasteiger partial charge in [0.25, 0.3) is 11.6 Å². The molecule has 39 heavy (non-hydrogen) atoms. The maximum Gasteiger partial charge on any atom is 0.410 e. The molecule has 2 atom stereocenters. The van der Waals surface area contributed by atoms with Crippen molar-refractivity contribution in [1.82, 2.24) is 4.90 Å². The average molecular weight is 543 g/mol. The van der Waals surface area contributed by atoms with E-state index in [2.05, 4.69) is 0 Å². The van der Waals surface area contributed by atoms with Gasteiger partial charge in [-0.05, 0) is 12.1 Å². The Bertz CT molecular complexity index is 1360. The van der Waals surface area contributed by atoms with Crippen LogP contribution in [-0.4, -0.2) is 87.8 Å². The number of aldehydes is 1. The van der Waals surface area contributed by atoms with Gasteiger partial charge in [0.2, 0.25) is 0 Å². The molecule has 0 bridgehead atoms. The van der Waals surface area contributed by atoms with E-state index in [1.165, 1.54) is 49.3 Å². The molecule has 0 radical (unpaired) electrons. The predicted molar refractivity (Wildman–Crippen MR) is 133 cm³/mol. The molecule has 4 rings (SSSR count). The van der Waals surface area contributed by atoms with Crippen LogP contribution in [-0.2, 0) is 20.7 Å². The molecule has 206 valence electrons. The first kappa shape index (κ1) is 27.3.